The molecule has 5 nitrogen and oxygen atoms in total. The fourth-order valence-electron chi connectivity index (χ4n) is 0.508. The number of phosphoric acid groups is 1. The van der Waals surface area contributed by atoms with Crippen molar-refractivity contribution in [2.45, 2.75) is 26.6 Å². The van der Waals surface area contributed by atoms with Gasteiger partial charge in [-0.25, -0.2) is 4.57 Å². The zero-order valence-electron chi connectivity index (χ0n) is 6.56. The Labute approximate surface area is 65.6 Å². The highest BCUT2D eigenvalue weighted by molar-refractivity contribution is 7.46. The molecule has 0 amide bonds. The standard InChI is InChI=1S/C5H13O5P/c1-3-4-9-5(2)10-11(6,7)8/h5H,3-4H2,1-2H3,(H2,6,7,8). The second-order valence-electron chi connectivity index (χ2n) is 2.03. The van der Waals surface area contributed by atoms with Crippen molar-refractivity contribution in [2.75, 3.05) is 6.61 Å². The Balaban J connectivity index is 3.52. The van der Waals surface area contributed by atoms with Crippen molar-refractivity contribution in [3.05, 3.63) is 0 Å². The maximum Gasteiger partial charge on any atom is 0.471 e. The van der Waals surface area contributed by atoms with Crippen molar-refractivity contribution in [3.8, 4) is 0 Å². The van der Waals surface area contributed by atoms with Crippen LogP contribution in [0.3, 0.4) is 0 Å². The van der Waals surface area contributed by atoms with Crippen molar-refractivity contribution in [1.29, 1.82) is 0 Å². The van der Waals surface area contributed by atoms with Crippen LogP contribution in [0, 0.1) is 0 Å². The van der Waals surface area contributed by atoms with Crippen LogP contribution in [0.2, 0.25) is 0 Å². The lowest BCUT2D eigenvalue weighted by Crippen LogP contribution is -2.11. The van der Waals surface area contributed by atoms with Crippen LogP contribution in [0.1, 0.15) is 20.3 Å². The van der Waals surface area contributed by atoms with Gasteiger partial charge in [0.2, 0.25) is 0 Å². The van der Waals surface area contributed by atoms with Crippen LogP contribution in [0.4, 0.5) is 0 Å². The SMILES string of the molecule is CCCOC(C)OP(=O)(O)O. The molecule has 0 radical (unpaired) electrons. The maximum atomic E-state index is 10.2. The molecule has 0 rings (SSSR count). The summed E-state index contributed by atoms with van der Waals surface area (Å²) in [4.78, 5) is 16.6. The van der Waals surface area contributed by atoms with Gasteiger partial charge in [-0.05, 0) is 13.3 Å². The highest BCUT2D eigenvalue weighted by atomic mass is 31.2. The first kappa shape index (κ1) is 11.1. The zero-order valence-corrected chi connectivity index (χ0v) is 7.45. The predicted octanol–water partition coefficient (Wildman–Crippen LogP) is 0.868. The van der Waals surface area contributed by atoms with E-state index in [1.807, 2.05) is 6.92 Å². The number of hydrogen-bond donors (Lipinski definition) is 2. The molecule has 1 atom stereocenters. The molecule has 0 bridgehead atoms. The second-order valence-corrected chi connectivity index (χ2v) is 3.23. The fourth-order valence-corrected chi connectivity index (χ4v) is 0.955. The minimum Gasteiger partial charge on any atom is -0.352 e. The molecule has 0 aliphatic rings. The summed E-state index contributed by atoms with van der Waals surface area (Å²) in [5.41, 5.74) is 0. The Hall–Kier alpha value is 0.0700. The lowest BCUT2D eigenvalue weighted by atomic mass is 10.5. The molecule has 2 N–H and O–H groups in total. The van der Waals surface area contributed by atoms with Gasteiger partial charge < -0.3 is 14.5 Å². The summed E-state index contributed by atoms with van der Waals surface area (Å²) in [7, 11) is -4.39. The molecule has 0 spiro atoms. The Morgan fingerprint density at radius 1 is 1.55 bits per heavy atom. The Morgan fingerprint density at radius 3 is 2.45 bits per heavy atom. The number of ether oxygens (including phenoxy) is 1. The van der Waals surface area contributed by atoms with Crippen LogP contribution in [-0.4, -0.2) is 22.7 Å². The van der Waals surface area contributed by atoms with Crippen molar-refractivity contribution < 1.29 is 23.6 Å². The molecule has 0 fully saturated rings. The van der Waals surface area contributed by atoms with Gasteiger partial charge in [-0.1, -0.05) is 6.92 Å². The van der Waals surface area contributed by atoms with Crippen molar-refractivity contribution in [2.24, 2.45) is 0 Å². The molecule has 0 aliphatic carbocycles. The van der Waals surface area contributed by atoms with E-state index in [2.05, 4.69) is 4.52 Å². The van der Waals surface area contributed by atoms with Gasteiger partial charge in [-0.2, -0.15) is 0 Å². The fraction of sp³-hybridized carbons (Fsp3) is 1.00. The Kier molecular flexibility index (Phi) is 4.88. The van der Waals surface area contributed by atoms with E-state index in [1.165, 1.54) is 6.92 Å². The molecule has 1 unspecified atom stereocenters. The molecular formula is C5H13O5P. The van der Waals surface area contributed by atoms with Gasteiger partial charge in [0.05, 0.1) is 0 Å². The third kappa shape index (κ3) is 7.97. The van der Waals surface area contributed by atoms with Gasteiger partial charge in [-0.3, -0.25) is 4.52 Å². The Morgan fingerprint density at radius 2 is 2.09 bits per heavy atom. The van der Waals surface area contributed by atoms with Gasteiger partial charge in [0.15, 0.2) is 6.29 Å². The summed E-state index contributed by atoms with van der Waals surface area (Å²) in [5.74, 6) is 0. The van der Waals surface area contributed by atoms with Crippen LogP contribution >= 0.6 is 7.82 Å². The molecule has 11 heavy (non-hydrogen) atoms. The largest absolute Gasteiger partial charge is 0.471 e. The van der Waals surface area contributed by atoms with Gasteiger partial charge in [0, 0.05) is 6.61 Å². The smallest absolute Gasteiger partial charge is 0.352 e. The third-order valence-corrected chi connectivity index (χ3v) is 1.41. The quantitative estimate of drug-likeness (QED) is 0.489. The highest BCUT2D eigenvalue weighted by Crippen LogP contribution is 2.37. The minimum atomic E-state index is -4.39. The van der Waals surface area contributed by atoms with E-state index in [0.717, 1.165) is 6.42 Å². The van der Waals surface area contributed by atoms with Crippen molar-refractivity contribution >= 4 is 7.82 Å². The molecular weight excluding hydrogens is 171 g/mol. The van der Waals surface area contributed by atoms with Crippen LogP contribution in [0.15, 0.2) is 0 Å². The van der Waals surface area contributed by atoms with Gasteiger partial charge in [0.25, 0.3) is 0 Å². The van der Waals surface area contributed by atoms with E-state index in [9.17, 15) is 4.57 Å². The normalized spacial score (nSPS) is 14.9. The second kappa shape index (κ2) is 4.85. The average molecular weight is 184 g/mol. The first-order valence-corrected chi connectivity index (χ1v) is 4.84. The molecule has 68 valence electrons. The van der Waals surface area contributed by atoms with E-state index >= 15 is 0 Å². The molecule has 0 saturated carbocycles. The summed E-state index contributed by atoms with van der Waals surface area (Å²) < 4.78 is 19.2. The van der Waals surface area contributed by atoms with E-state index in [-0.39, 0.29) is 0 Å². The molecule has 0 heterocycles. The molecule has 0 saturated heterocycles. The monoisotopic (exact) mass is 184 g/mol. The first-order valence-electron chi connectivity index (χ1n) is 3.31. The summed E-state index contributed by atoms with van der Waals surface area (Å²) in [6.07, 6.45) is -0.0646. The van der Waals surface area contributed by atoms with Crippen LogP contribution < -0.4 is 0 Å². The minimum absolute atomic E-state index is 0.432. The lowest BCUT2D eigenvalue weighted by molar-refractivity contribution is -0.0790. The molecule has 0 aromatic heterocycles. The summed E-state index contributed by atoms with van der Waals surface area (Å²) in [6.45, 7) is 3.76. The van der Waals surface area contributed by atoms with Gasteiger partial charge in [-0.15, -0.1) is 0 Å². The number of hydrogen-bond acceptors (Lipinski definition) is 3. The topological polar surface area (TPSA) is 76.0 Å². The van der Waals surface area contributed by atoms with Crippen molar-refractivity contribution in [3.63, 3.8) is 0 Å². The summed E-state index contributed by atoms with van der Waals surface area (Å²) >= 11 is 0. The average Bonchev–Trinajstić information content (AvgIpc) is 1.79. The molecule has 0 aromatic rings. The number of phosphoric ester groups is 1. The predicted molar refractivity (Wildman–Crippen MR) is 38.8 cm³/mol. The van der Waals surface area contributed by atoms with Gasteiger partial charge >= 0.3 is 7.82 Å². The van der Waals surface area contributed by atoms with Crippen LogP contribution in [0.5, 0.6) is 0 Å². The highest BCUT2D eigenvalue weighted by Gasteiger charge is 2.18. The van der Waals surface area contributed by atoms with Crippen molar-refractivity contribution in [1.82, 2.24) is 0 Å². The van der Waals surface area contributed by atoms with E-state index < -0.39 is 14.1 Å². The molecule has 0 aromatic carbocycles. The van der Waals surface area contributed by atoms with Crippen LogP contribution in [0.25, 0.3) is 0 Å². The van der Waals surface area contributed by atoms with Crippen LogP contribution in [-0.2, 0) is 13.8 Å². The van der Waals surface area contributed by atoms with E-state index in [4.69, 9.17) is 14.5 Å². The summed E-state index contributed by atoms with van der Waals surface area (Å²) in [5, 5.41) is 0. The van der Waals surface area contributed by atoms with E-state index in [0.29, 0.717) is 6.61 Å². The third-order valence-electron chi connectivity index (χ3n) is 0.842. The summed E-state index contributed by atoms with van der Waals surface area (Å²) in [6, 6.07) is 0. The van der Waals surface area contributed by atoms with E-state index in [1.54, 1.807) is 0 Å². The molecule has 0 aliphatic heterocycles. The molecule has 6 heteroatoms. The zero-order chi connectivity index (χ0) is 8.91. The Bertz CT molecular complexity index is 142. The first-order chi connectivity index (χ1) is 4.95. The maximum absolute atomic E-state index is 10.2. The number of rotatable bonds is 5. The lowest BCUT2D eigenvalue weighted by Gasteiger charge is -2.13. The van der Waals surface area contributed by atoms with Gasteiger partial charge in [0.1, 0.15) is 0 Å².